The van der Waals surface area contributed by atoms with Gasteiger partial charge in [-0.05, 0) is 24.3 Å². The van der Waals surface area contributed by atoms with Crippen molar-refractivity contribution in [2.75, 3.05) is 0 Å². The second-order valence-corrected chi connectivity index (χ2v) is 3.30. The van der Waals surface area contributed by atoms with Gasteiger partial charge in [-0.1, -0.05) is 37.5 Å². The van der Waals surface area contributed by atoms with E-state index in [1.807, 2.05) is 0 Å². The van der Waals surface area contributed by atoms with E-state index in [4.69, 9.17) is 5.53 Å². The molecule has 0 unspecified atom stereocenters. The van der Waals surface area contributed by atoms with Crippen LogP contribution in [0.25, 0.3) is 10.4 Å². The summed E-state index contributed by atoms with van der Waals surface area (Å²) in [6.07, 6.45) is 7.31. The van der Waals surface area contributed by atoms with Gasteiger partial charge in [0.1, 0.15) is 0 Å². The molecule has 0 saturated heterocycles. The summed E-state index contributed by atoms with van der Waals surface area (Å²) >= 11 is 0. The third-order valence-electron chi connectivity index (χ3n) is 2.49. The Bertz CT molecular complexity index is 228. The third-order valence-corrected chi connectivity index (χ3v) is 2.49. The van der Waals surface area contributed by atoms with Crippen molar-refractivity contribution in [3.8, 4) is 0 Å². The van der Waals surface area contributed by atoms with Crippen LogP contribution in [0.1, 0.15) is 33.1 Å². The number of hydrogen-bond acceptors (Lipinski definition) is 1. The highest BCUT2D eigenvalue weighted by Gasteiger charge is 2.50. The Morgan fingerprint density at radius 3 is 2.83 bits per heavy atom. The Morgan fingerprint density at radius 2 is 2.42 bits per heavy atom. The van der Waals surface area contributed by atoms with Crippen molar-refractivity contribution in [1.29, 1.82) is 0 Å². The monoisotopic (exact) mass is 165 g/mol. The lowest BCUT2D eigenvalue weighted by atomic mass is 10.1. The minimum atomic E-state index is -0.153. The highest BCUT2D eigenvalue weighted by atomic mass is 15.2. The largest absolute Gasteiger partial charge is 0.0881 e. The van der Waals surface area contributed by atoms with Gasteiger partial charge in [-0.3, -0.25) is 0 Å². The molecule has 12 heavy (non-hydrogen) atoms. The molecule has 0 radical (unpaired) electrons. The van der Waals surface area contributed by atoms with Gasteiger partial charge in [0.2, 0.25) is 0 Å². The maximum atomic E-state index is 8.38. The van der Waals surface area contributed by atoms with Crippen LogP contribution in [0.4, 0.5) is 0 Å². The number of hydrogen-bond donors (Lipinski definition) is 0. The fourth-order valence-corrected chi connectivity index (χ4v) is 1.60. The van der Waals surface area contributed by atoms with Gasteiger partial charge < -0.3 is 0 Å². The summed E-state index contributed by atoms with van der Waals surface area (Å²) in [5, 5.41) is 3.85. The summed E-state index contributed by atoms with van der Waals surface area (Å²) in [6, 6.07) is 0. The average Bonchev–Trinajstić information content (AvgIpc) is 2.77. The Kier molecular flexibility index (Phi) is 2.77. The maximum Gasteiger partial charge on any atom is 0.0699 e. The summed E-state index contributed by atoms with van der Waals surface area (Å²) in [6.45, 7) is 4.22. The van der Waals surface area contributed by atoms with E-state index in [-0.39, 0.29) is 5.54 Å². The molecule has 1 aliphatic carbocycles. The van der Waals surface area contributed by atoms with Crippen molar-refractivity contribution in [3.63, 3.8) is 0 Å². The molecule has 0 heterocycles. The quantitative estimate of drug-likeness (QED) is 0.265. The molecule has 0 N–H and O–H groups in total. The first kappa shape index (κ1) is 9.14. The van der Waals surface area contributed by atoms with Crippen LogP contribution >= 0.6 is 0 Å². The van der Waals surface area contributed by atoms with Gasteiger partial charge >= 0.3 is 0 Å². The summed E-state index contributed by atoms with van der Waals surface area (Å²) in [4.78, 5) is 2.89. The standard InChI is InChI=1S/C9H15N3/c1-3-5-6-9(11-12-10)7-8(9)4-2/h5-6,8H,3-4,7H2,1-2H3/b6-5+/t8-,9+/m1/s1. The van der Waals surface area contributed by atoms with E-state index >= 15 is 0 Å². The van der Waals surface area contributed by atoms with Crippen molar-refractivity contribution in [1.82, 2.24) is 0 Å². The highest BCUT2D eigenvalue weighted by molar-refractivity contribution is 5.22. The normalized spacial score (nSPS) is 33.3. The van der Waals surface area contributed by atoms with E-state index in [0.29, 0.717) is 5.92 Å². The number of rotatable bonds is 4. The van der Waals surface area contributed by atoms with Crippen molar-refractivity contribution < 1.29 is 0 Å². The van der Waals surface area contributed by atoms with Crippen LogP contribution in [0.5, 0.6) is 0 Å². The molecule has 1 rings (SSSR count). The fourth-order valence-electron chi connectivity index (χ4n) is 1.60. The summed E-state index contributed by atoms with van der Waals surface area (Å²) in [5.74, 6) is 0.580. The third kappa shape index (κ3) is 1.62. The number of allylic oxidation sites excluding steroid dienone is 1. The van der Waals surface area contributed by atoms with Gasteiger partial charge in [0.15, 0.2) is 0 Å². The fraction of sp³-hybridized carbons (Fsp3) is 0.778. The highest BCUT2D eigenvalue weighted by Crippen LogP contribution is 2.50. The predicted octanol–water partition coefficient (Wildman–Crippen LogP) is 3.43. The first-order chi connectivity index (χ1) is 5.79. The first-order valence-corrected chi connectivity index (χ1v) is 4.53. The van der Waals surface area contributed by atoms with Gasteiger partial charge in [0, 0.05) is 4.91 Å². The van der Waals surface area contributed by atoms with Crippen LogP contribution in [0, 0.1) is 5.92 Å². The lowest BCUT2D eigenvalue weighted by Gasteiger charge is -2.01. The van der Waals surface area contributed by atoms with Gasteiger partial charge in [-0.25, -0.2) is 0 Å². The van der Waals surface area contributed by atoms with Gasteiger partial charge in [-0.15, -0.1) is 0 Å². The van der Waals surface area contributed by atoms with Gasteiger partial charge in [0.05, 0.1) is 5.54 Å². The average molecular weight is 165 g/mol. The summed E-state index contributed by atoms with van der Waals surface area (Å²) in [5.41, 5.74) is 8.23. The molecule has 1 fully saturated rings. The molecule has 0 bridgehead atoms. The molecule has 0 spiro atoms. The van der Waals surface area contributed by atoms with E-state index in [0.717, 1.165) is 19.3 Å². The Morgan fingerprint density at radius 1 is 1.67 bits per heavy atom. The van der Waals surface area contributed by atoms with Crippen LogP contribution in [0.2, 0.25) is 0 Å². The Hall–Kier alpha value is -0.950. The zero-order valence-electron chi connectivity index (χ0n) is 7.70. The SMILES string of the molecule is CC/C=C/[C@]1(N=[N+]=[N-])C[C@H]1CC. The molecule has 2 atom stereocenters. The molecular weight excluding hydrogens is 150 g/mol. The van der Waals surface area contributed by atoms with E-state index in [2.05, 4.69) is 36.0 Å². The van der Waals surface area contributed by atoms with E-state index in [9.17, 15) is 0 Å². The predicted molar refractivity (Wildman–Crippen MR) is 49.7 cm³/mol. The smallest absolute Gasteiger partial charge is 0.0699 e. The molecule has 66 valence electrons. The second-order valence-electron chi connectivity index (χ2n) is 3.30. The summed E-state index contributed by atoms with van der Waals surface area (Å²) < 4.78 is 0. The van der Waals surface area contributed by atoms with Crippen molar-refractivity contribution >= 4 is 0 Å². The minimum absolute atomic E-state index is 0.153. The van der Waals surface area contributed by atoms with E-state index in [1.54, 1.807) is 0 Å². The van der Waals surface area contributed by atoms with Crippen LogP contribution in [-0.4, -0.2) is 5.54 Å². The lowest BCUT2D eigenvalue weighted by molar-refractivity contribution is 0.677. The zero-order chi connectivity index (χ0) is 9.03. The molecule has 3 nitrogen and oxygen atoms in total. The second kappa shape index (κ2) is 3.63. The van der Waals surface area contributed by atoms with Crippen LogP contribution < -0.4 is 0 Å². The van der Waals surface area contributed by atoms with Crippen LogP contribution in [0.15, 0.2) is 17.3 Å². The molecule has 1 aliphatic rings. The van der Waals surface area contributed by atoms with E-state index < -0.39 is 0 Å². The minimum Gasteiger partial charge on any atom is -0.0881 e. The Labute approximate surface area is 73.1 Å². The zero-order valence-corrected chi connectivity index (χ0v) is 7.70. The number of azide groups is 1. The summed E-state index contributed by atoms with van der Waals surface area (Å²) in [7, 11) is 0. The lowest BCUT2D eigenvalue weighted by Crippen LogP contribution is -2.02. The molecule has 0 aliphatic heterocycles. The topological polar surface area (TPSA) is 48.8 Å². The van der Waals surface area contributed by atoms with Crippen molar-refractivity contribution in [3.05, 3.63) is 22.6 Å². The molecule has 0 aromatic rings. The van der Waals surface area contributed by atoms with Crippen molar-refractivity contribution in [2.24, 2.45) is 11.0 Å². The van der Waals surface area contributed by atoms with Gasteiger partial charge in [0.25, 0.3) is 0 Å². The maximum absolute atomic E-state index is 8.38. The van der Waals surface area contributed by atoms with E-state index in [1.165, 1.54) is 0 Å². The van der Waals surface area contributed by atoms with Gasteiger partial charge in [-0.2, -0.15) is 0 Å². The molecule has 0 amide bonds. The first-order valence-electron chi connectivity index (χ1n) is 4.53. The molecule has 3 heteroatoms. The number of nitrogens with zero attached hydrogens (tertiary/aromatic N) is 3. The molecule has 0 aromatic heterocycles. The Balaban J connectivity index is 2.64. The molecule has 0 aromatic carbocycles. The van der Waals surface area contributed by atoms with Crippen LogP contribution in [-0.2, 0) is 0 Å². The van der Waals surface area contributed by atoms with Crippen LogP contribution in [0.3, 0.4) is 0 Å². The van der Waals surface area contributed by atoms with Crippen molar-refractivity contribution in [2.45, 2.75) is 38.6 Å². The molecular formula is C9H15N3. The molecule has 1 saturated carbocycles.